The number of aromatic nitrogens is 8. The van der Waals surface area contributed by atoms with Crippen molar-refractivity contribution in [1.29, 1.82) is 0 Å². The van der Waals surface area contributed by atoms with E-state index in [4.69, 9.17) is 14.7 Å². The topological polar surface area (TPSA) is 144 Å². The molecule has 40 heavy (non-hydrogen) atoms. The van der Waals surface area contributed by atoms with E-state index in [1.165, 1.54) is 18.7 Å². The molecule has 13 nitrogen and oxygen atoms in total. The summed E-state index contributed by atoms with van der Waals surface area (Å²) in [5, 5.41) is 9.74. The van der Waals surface area contributed by atoms with Crippen LogP contribution in [0.5, 0.6) is 0 Å². The number of nitrogens with zero attached hydrogens (tertiary/aromatic N) is 8. The number of imidazole rings is 2. The largest absolute Gasteiger partial charge is 0.378 e. The van der Waals surface area contributed by atoms with Crippen molar-refractivity contribution in [1.82, 2.24) is 39.3 Å². The minimum absolute atomic E-state index is 0.280. The fraction of sp³-hybridized carbons (Fsp3) is 0.280. The molecule has 1 amide bonds. The number of carbonyl (C=O) groups excluding carboxylic acids is 1. The van der Waals surface area contributed by atoms with Gasteiger partial charge in [-0.2, -0.15) is 23.8 Å². The molecule has 0 spiro atoms. The van der Waals surface area contributed by atoms with E-state index < -0.39 is 12.5 Å². The summed E-state index contributed by atoms with van der Waals surface area (Å²) in [7, 11) is 0. The Morgan fingerprint density at radius 3 is 2.85 bits per heavy atom. The van der Waals surface area contributed by atoms with Gasteiger partial charge in [0.1, 0.15) is 12.2 Å². The van der Waals surface area contributed by atoms with Gasteiger partial charge in [0.05, 0.1) is 48.9 Å². The van der Waals surface area contributed by atoms with Gasteiger partial charge in [-0.05, 0) is 31.0 Å². The smallest absolute Gasteiger partial charge is 0.333 e. The van der Waals surface area contributed by atoms with Crippen LogP contribution in [0.15, 0.2) is 36.9 Å². The van der Waals surface area contributed by atoms with Gasteiger partial charge in [-0.25, -0.2) is 14.6 Å². The molecule has 0 atom stereocenters. The molecule has 4 aromatic heterocycles. The molecule has 5 aromatic rings. The maximum Gasteiger partial charge on any atom is 0.333 e. The predicted octanol–water partition coefficient (Wildman–Crippen LogP) is 2.69. The SMILES string of the molecule is CC#CC(=O)Nc1ccc2nc(CNc3nc(N4CCOCC4)nc4c3ncn4-c3cnn(C(F)F)c3)[nH]c2c1. The van der Waals surface area contributed by atoms with Crippen molar-refractivity contribution in [3.63, 3.8) is 0 Å². The summed E-state index contributed by atoms with van der Waals surface area (Å²) in [6, 6.07) is 5.33. The van der Waals surface area contributed by atoms with Crippen LogP contribution in [-0.2, 0) is 16.1 Å². The number of hydrogen-bond donors (Lipinski definition) is 3. The van der Waals surface area contributed by atoms with Gasteiger partial charge in [0.2, 0.25) is 5.95 Å². The number of morpholine rings is 1. The van der Waals surface area contributed by atoms with Crippen molar-refractivity contribution in [3.05, 3.63) is 42.7 Å². The third-order valence-electron chi connectivity index (χ3n) is 6.19. The minimum Gasteiger partial charge on any atom is -0.378 e. The van der Waals surface area contributed by atoms with E-state index >= 15 is 0 Å². The Morgan fingerprint density at radius 1 is 1.23 bits per heavy atom. The average molecular weight is 548 g/mol. The zero-order chi connectivity index (χ0) is 27.6. The number of alkyl halides is 2. The highest BCUT2D eigenvalue weighted by atomic mass is 19.3. The lowest BCUT2D eigenvalue weighted by atomic mass is 10.3. The second-order valence-corrected chi connectivity index (χ2v) is 8.81. The molecule has 5 heterocycles. The summed E-state index contributed by atoms with van der Waals surface area (Å²) in [4.78, 5) is 35.6. The Bertz CT molecular complexity index is 1760. The molecular weight excluding hydrogens is 524 g/mol. The highest BCUT2D eigenvalue weighted by Crippen LogP contribution is 2.26. The quantitative estimate of drug-likeness (QED) is 0.262. The predicted molar refractivity (Wildman–Crippen MR) is 142 cm³/mol. The Morgan fingerprint density at radius 2 is 2.08 bits per heavy atom. The lowest BCUT2D eigenvalue weighted by molar-refractivity contribution is -0.111. The number of nitrogens with one attached hydrogen (secondary N) is 3. The van der Waals surface area contributed by atoms with Crippen molar-refractivity contribution in [2.75, 3.05) is 41.8 Å². The van der Waals surface area contributed by atoms with Crippen LogP contribution in [0.3, 0.4) is 0 Å². The van der Waals surface area contributed by atoms with Gasteiger partial charge < -0.3 is 25.3 Å². The number of benzene rings is 1. The number of hydrogen-bond acceptors (Lipinski definition) is 9. The average Bonchev–Trinajstić information content (AvgIpc) is 3.70. The maximum atomic E-state index is 13.1. The first-order valence-electron chi connectivity index (χ1n) is 12.3. The first kappa shape index (κ1) is 25.2. The van der Waals surface area contributed by atoms with Gasteiger partial charge in [0.25, 0.3) is 5.91 Å². The maximum absolute atomic E-state index is 13.1. The number of rotatable bonds is 7. The number of fused-ring (bicyclic) bond motifs is 2. The van der Waals surface area contributed by atoms with E-state index in [0.29, 0.717) is 71.1 Å². The fourth-order valence-corrected chi connectivity index (χ4v) is 4.33. The number of carbonyl (C=O) groups is 1. The van der Waals surface area contributed by atoms with Crippen molar-refractivity contribution >= 4 is 45.6 Å². The Hall–Kier alpha value is -5.10. The molecule has 0 radical (unpaired) electrons. The number of aromatic amines is 1. The number of amides is 1. The summed E-state index contributed by atoms with van der Waals surface area (Å²) in [5.74, 6) is 6.16. The highest BCUT2D eigenvalue weighted by Gasteiger charge is 2.21. The molecule has 0 unspecified atom stereocenters. The minimum atomic E-state index is -2.76. The number of H-pyrrole nitrogens is 1. The molecule has 0 saturated carbocycles. The van der Waals surface area contributed by atoms with Crippen LogP contribution in [0.2, 0.25) is 0 Å². The van der Waals surface area contributed by atoms with Crippen molar-refractivity contribution < 1.29 is 18.3 Å². The molecule has 15 heteroatoms. The third kappa shape index (κ3) is 4.99. The Balaban J connectivity index is 1.31. The second-order valence-electron chi connectivity index (χ2n) is 8.81. The molecule has 0 aliphatic carbocycles. The molecule has 1 saturated heterocycles. The number of halogens is 2. The van der Waals surface area contributed by atoms with E-state index in [9.17, 15) is 13.6 Å². The van der Waals surface area contributed by atoms with Gasteiger partial charge in [0, 0.05) is 18.8 Å². The fourth-order valence-electron chi connectivity index (χ4n) is 4.33. The number of ether oxygens (including phenoxy) is 1. The van der Waals surface area contributed by atoms with Crippen LogP contribution in [-0.4, -0.2) is 71.5 Å². The van der Waals surface area contributed by atoms with E-state index in [2.05, 4.69) is 42.5 Å². The lowest BCUT2D eigenvalue weighted by Gasteiger charge is -2.27. The molecule has 0 bridgehead atoms. The molecule has 1 aromatic carbocycles. The zero-order valence-electron chi connectivity index (χ0n) is 21.2. The second kappa shape index (κ2) is 10.6. The molecule has 1 aliphatic rings. The Kier molecular flexibility index (Phi) is 6.66. The summed E-state index contributed by atoms with van der Waals surface area (Å²) in [6.07, 6.45) is 4.06. The first-order valence-corrected chi connectivity index (χ1v) is 12.3. The zero-order valence-corrected chi connectivity index (χ0v) is 21.2. The number of anilines is 3. The van der Waals surface area contributed by atoms with Crippen molar-refractivity contribution in [2.24, 2.45) is 0 Å². The van der Waals surface area contributed by atoms with Crippen LogP contribution in [0.1, 0.15) is 19.3 Å². The molecular formula is C25H23F2N11O2. The van der Waals surface area contributed by atoms with E-state index in [1.54, 1.807) is 29.7 Å². The van der Waals surface area contributed by atoms with Crippen LogP contribution in [0.4, 0.5) is 26.2 Å². The molecule has 3 N–H and O–H groups in total. The summed E-state index contributed by atoms with van der Waals surface area (Å²) in [5.41, 5.74) is 3.34. The van der Waals surface area contributed by atoms with Crippen LogP contribution in [0, 0.1) is 11.8 Å². The summed E-state index contributed by atoms with van der Waals surface area (Å²) >= 11 is 0. The summed E-state index contributed by atoms with van der Waals surface area (Å²) in [6.45, 7) is 1.40. The van der Waals surface area contributed by atoms with Crippen LogP contribution >= 0.6 is 0 Å². The molecule has 6 rings (SSSR count). The van der Waals surface area contributed by atoms with Crippen molar-refractivity contribution in [3.8, 4) is 17.5 Å². The van der Waals surface area contributed by atoms with Crippen LogP contribution < -0.4 is 15.5 Å². The monoisotopic (exact) mass is 547 g/mol. The van der Waals surface area contributed by atoms with Gasteiger partial charge in [-0.3, -0.25) is 9.36 Å². The molecule has 1 fully saturated rings. The van der Waals surface area contributed by atoms with Crippen LogP contribution in [0.25, 0.3) is 27.9 Å². The molecule has 204 valence electrons. The van der Waals surface area contributed by atoms with Gasteiger partial charge in [-0.1, -0.05) is 5.92 Å². The van der Waals surface area contributed by atoms with Gasteiger partial charge >= 0.3 is 6.55 Å². The standard InChI is InChI=1S/C25H23F2N11O2/c1-2-3-20(39)31-15-4-5-17-18(10-15)33-19(32-17)12-28-22-21-23(35-25(34-22)36-6-8-40-9-7-36)37(14-29-21)16-11-30-38(13-16)24(26)27/h4-5,10-11,13-14,24H,6-9,12H2,1H3,(H,31,39)(H,32,33)(H,28,34,35). The summed E-state index contributed by atoms with van der Waals surface area (Å²) < 4.78 is 33.9. The van der Waals surface area contributed by atoms with E-state index in [1.807, 2.05) is 4.90 Å². The van der Waals surface area contributed by atoms with E-state index in [-0.39, 0.29) is 6.54 Å². The highest BCUT2D eigenvalue weighted by molar-refractivity contribution is 6.04. The normalized spacial score (nSPS) is 13.6. The van der Waals surface area contributed by atoms with Gasteiger partial charge in [-0.15, -0.1) is 0 Å². The lowest BCUT2D eigenvalue weighted by Crippen LogP contribution is -2.37. The van der Waals surface area contributed by atoms with E-state index in [0.717, 1.165) is 11.0 Å². The first-order chi connectivity index (χ1) is 19.5. The third-order valence-corrected chi connectivity index (χ3v) is 6.19. The Labute approximate surface area is 225 Å². The molecule has 1 aliphatic heterocycles. The van der Waals surface area contributed by atoms with Crippen molar-refractivity contribution in [2.45, 2.75) is 20.0 Å². The van der Waals surface area contributed by atoms with Gasteiger partial charge in [0.15, 0.2) is 17.0 Å².